The van der Waals surface area contributed by atoms with Crippen LogP contribution in [0.5, 0.6) is 11.5 Å². The van der Waals surface area contributed by atoms with Crippen molar-refractivity contribution in [1.29, 1.82) is 0 Å². The Labute approximate surface area is 185 Å². The molecule has 164 valence electrons. The van der Waals surface area contributed by atoms with E-state index in [9.17, 15) is 0 Å². The maximum atomic E-state index is 6.01. The largest absolute Gasteiger partial charge is 0.497 e. The zero-order valence-corrected chi connectivity index (χ0v) is 18.5. The molecule has 31 heavy (non-hydrogen) atoms. The highest BCUT2D eigenvalue weighted by molar-refractivity contribution is 5.64. The molecule has 3 aliphatic rings. The summed E-state index contributed by atoms with van der Waals surface area (Å²) >= 11 is 0. The van der Waals surface area contributed by atoms with E-state index in [4.69, 9.17) is 9.47 Å². The second kappa shape index (κ2) is 9.33. The molecule has 2 aromatic rings. The topological polar surface area (TPSA) is 28.2 Å². The van der Waals surface area contributed by atoms with Gasteiger partial charge in [0, 0.05) is 56.6 Å². The summed E-state index contributed by atoms with van der Waals surface area (Å²) in [6.07, 6.45) is 4.89. The number of piperidine rings is 1. The second-order valence-electron chi connectivity index (χ2n) is 8.88. The van der Waals surface area contributed by atoms with E-state index in [1.165, 1.54) is 30.6 Å². The number of likely N-dealkylation sites (tertiary alicyclic amines) is 1. The van der Waals surface area contributed by atoms with Gasteiger partial charge in [-0.25, -0.2) is 0 Å². The Kier molecular flexibility index (Phi) is 6.14. The Morgan fingerprint density at radius 2 is 1.84 bits per heavy atom. The van der Waals surface area contributed by atoms with Crippen LogP contribution in [0.2, 0.25) is 0 Å². The number of nitrogens with zero attached hydrogens (tertiary/aromatic N) is 3. The smallest absolute Gasteiger partial charge is 0.127 e. The number of piperazine rings is 1. The average Bonchev–Trinajstić information content (AvgIpc) is 2.84. The van der Waals surface area contributed by atoms with Crippen LogP contribution in [0.3, 0.4) is 0 Å². The van der Waals surface area contributed by atoms with Crippen LogP contribution in [-0.2, 0) is 0 Å². The molecule has 2 fully saturated rings. The van der Waals surface area contributed by atoms with E-state index in [0.717, 1.165) is 56.3 Å². The van der Waals surface area contributed by atoms with Crippen molar-refractivity contribution < 1.29 is 9.47 Å². The highest BCUT2D eigenvalue weighted by Gasteiger charge is 2.28. The SMILES string of the molecule is COc1ccc2c(c1)C=C(CN1CCCC(N3CCN(c4ccccc4)CC3)C1)CO2. The van der Waals surface area contributed by atoms with Gasteiger partial charge in [0.15, 0.2) is 0 Å². The number of hydrogen-bond donors (Lipinski definition) is 0. The number of fused-ring (bicyclic) bond motifs is 1. The first-order valence-electron chi connectivity index (χ1n) is 11.6. The van der Waals surface area contributed by atoms with Gasteiger partial charge >= 0.3 is 0 Å². The third-order valence-corrected chi connectivity index (χ3v) is 6.85. The molecule has 0 aromatic heterocycles. The first kappa shape index (κ1) is 20.4. The van der Waals surface area contributed by atoms with Crippen LogP contribution in [0.15, 0.2) is 54.1 Å². The molecule has 0 spiro atoms. The average molecular weight is 420 g/mol. The van der Waals surface area contributed by atoms with Crippen LogP contribution in [0.25, 0.3) is 6.08 Å². The molecule has 0 amide bonds. The third-order valence-electron chi connectivity index (χ3n) is 6.85. The Balaban J connectivity index is 1.17. The fourth-order valence-corrected chi connectivity index (χ4v) is 5.17. The van der Waals surface area contributed by atoms with E-state index in [0.29, 0.717) is 12.6 Å². The quantitative estimate of drug-likeness (QED) is 0.736. The van der Waals surface area contributed by atoms with Crippen molar-refractivity contribution in [2.75, 3.05) is 64.4 Å². The molecule has 5 rings (SSSR count). The van der Waals surface area contributed by atoms with E-state index in [1.54, 1.807) is 7.11 Å². The number of benzene rings is 2. The van der Waals surface area contributed by atoms with Crippen molar-refractivity contribution in [3.05, 3.63) is 59.7 Å². The molecule has 1 atom stereocenters. The van der Waals surface area contributed by atoms with Crippen molar-refractivity contribution in [2.45, 2.75) is 18.9 Å². The summed E-state index contributed by atoms with van der Waals surface area (Å²) in [5, 5.41) is 0. The molecule has 0 N–H and O–H groups in total. The summed E-state index contributed by atoms with van der Waals surface area (Å²) in [6, 6.07) is 17.5. The molecule has 3 heterocycles. The van der Waals surface area contributed by atoms with Crippen LogP contribution in [-0.4, -0.2) is 75.4 Å². The van der Waals surface area contributed by atoms with Crippen molar-refractivity contribution >= 4 is 11.8 Å². The maximum Gasteiger partial charge on any atom is 0.127 e. The molecule has 0 aliphatic carbocycles. The van der Waals surface area contributed by atoms with Gasteiger partial charge in [0.05, 0.1) is 7.11 Å². The fourth-order valence-electron chi connectivity index (χ4n) is 5.17. The number of para-hydroxylation sites is 1. The lowest BCUT2D eigenvalue weighted by Crippen LogP contribution is -2.55. The first-order valence-corrected chi connectivity index (χ1v) is 11.6. The molecule has 0 bridgehead atoms. The molecule has 0 radical (unpaired) electrons. The molecule has 5 nitrogen and oxygen atoms in total. The minimum Gasteiger partial charge on any atom is -0.497 e. The van der Waals surface area contributed by atoms with Gasteiger partial charge < -0.3 is 14.4 Å². The molecular formula is C26H33N3O2. The van der Waals surface area contributed by atoms with Crippen LogP contribution in [0.1, 0.15) is 18.4 Å². The highest BCUT2D eigenvalue weighted by Crippen LogP contribution is 2.30. The van der Waals surface area contributed by atoms with E-state index in [1.807, 2.05) is 12.1 Å². The zero-order valence-electron chi connectivity index (χ0n) is 18.5. The number of anilines is 1. The van der Waals surface area contributed by atoms with E-state index in [2.05, 4.69) is 57.2 Å². The third kappa shape index (κ3) is 4.73. The van der Waals surface area contributed by atoms with Gasteiger partial charge in [0.2, 0.25) is 0 Å². The molecule has 5 heteroatoms. The number of hydrogen-bond acceptors (Lipinski definition) is 5. The van der Waals surface area contributed by atoms with Crippen molar-refractivity contribution in [3.63, 3.8) is 0 Å². The number of ether oxygens (including phenoxy) is 2. The van der Waals surface area contributed by atoms with Gasteiger partial charge in [-0.3, -0.25) is 9.80 Å². The predicted molar refractivity (Wildman–Crippen MR) is 126 cm³/mol. The van der Waals surface area contributed by atoms with Gasteiger partial charge in [-0.2, -0.15) is 0 Å². The number of rotatable bonds is 5. The minimum atomic E-state index is 0.671. The summed E-state index contributed by atoms with van der Waals surface area (Å²) in [5.74, 6) is 1.84. The summed E-state index contributed by atoms with van der Waals surface area (Å²) in [7, 11) is 1.71. The minimum absolute atomic E-state index is 0.671. The van der Waals surface area contributed by atoms with Crippen LogP contribution in [0.4, 0.5) is 5.69 Å². The van der Waals surface area contributed by atoms with Crippen LogP contribution >= 0.6 is 0 Å². The summed E-state index contributed by atoms with van der Waals surface area (Å²) in [5.41, 5.74) is 3.84. The van der Waals surface area contributed by atoms with Crippen molar-refractivity contribution in [2.24, 2.45) is 0 Å². The van der Waals surface area contributed by atoms with E-state index in [-0.39, 0.29) is 0 Å². The number of methoxy groups -OCH3 is 1. The van der Waals surface area contributed by atoms with Gasteiger partial charge in [0.1, 0.15) is 18.1 Å². The first-order chi connectivity index (χ1) is 15.3. The highest BCUT2D eigenvalue weighted by atomic mass is 16.5. The summed E-state index contributed by atoms with van der Waals surface area (Å²) in [6.45, 7) is 8.60. The molecular weight excluding hydrogens is 386 g/mol. The molecule has 0 saturated carbocycles. The molecule has 3 aliphatic heterocycles. The Morgan fingerprint density at radius 3 is 2.65 bits per heavy atom. The van der Waals surface area contributed by atoms with Gasteiger partial charge in [-0.1, -0.05) is 18.2 Å². The van der Waals surface area contributed by atoms with Gasteiger partial charge in [-0.15, -0.1) is 0 Å². The van der Waals surface area contributed by atoms with Crippen molar-refractivity contribution in [1.82, 2.24) is 9.80 Å². The standard InChI is InChI=1S/C26H33N3O2/c1-30-25-9-10-26-22(17-25)16-21(20-31-26)18-27-11-5-8-24(19-27)29-14-12-28(13-15-29)23-6-3-2-4-7-23/h2-4,6-7,9-10,16-17,24H,5,8,11-15,18-20H2,1H3. The van der Waals surface area contributed by atoms with Gasteiger partial charge in [0.25, 0.3) is 0 Å². The summed E-state index contributed by atoms with van der Waals surface area (Å²) < 4.78 is 11.4. The predicted octanol–water partition coefficient (Wildman–Crippen LogP) is 3.76. The molecule has 2 aromatic carbocycles. The Bertz CT molecular complexity index is 906. The lowest BCUT2D eigenvalue weighted by atomic mass is 10.0. The lowest BCUT2D eigenvalue weighted by Gasteiger charge is -2.44. The van der Waals surface area contributed by atoms with Crippen molar-refractivity contribution in [3.8, 4) is 11.5 Å². The molecule has 1 unspecified atom stereocenters. The Morgan fingerprint density at radius 1 is 1.00 bits per heavy atom. The normalized spacial score (nSPS) is 22.4. The molecule has 2 saturated heterocycles. The van der Waals surface area contributed by atoms with Crippen LogP contribution < -0.4 is 14.4 Å². The van der Waals surface area contributed by atoms with E-state index < -0.39 is 0 Å². The lowest BCUT2D eigenvalue weighted by molar-refractivity contribution is 0.0964. The summed E-state index contributed by atoms with van der Waals surface area (Å²) in [4.78, 5) is 7.86. The maximum absolute atomic E-state index is 6.01. The van der Waals surface area contributed by atoms with E-state index >= 15 is 0 Å². The van der Waals surface area contributed by atoms with Gasteiger partial charge in [-0.05, 0) is 61.4 Å². The Hall–Kier alpha value is -2.50. The second-order valence-corrected chi connectivity index (χ2v) is 8.88. The monoisotopic (exact) mass is 419 g/mol. The van der Waals surface area contributed by atoms with Crippen LogP contribution in [0, 0.1) is 0 Å². The zero-order chi connectivity index (χ0) is 21.0. The fraction of sp³-hybridized carbons (Fsp3) is 0.462.